The van der Waals surface area contributed by atoms with Crippen molar-refractivity contribution in [2.75, 3.05) is 37.3 Å². The molecule has 0 unspecified atom stereocenters. The van der Waals surface area contributed by atoms with Crippen molar-refractivity contribution >= 4 is 28.3 Å². The van der Waals surface area contributed by atoms with E-state index in [0.717, 1.165) is 50.0 Å². The second-order valence-electron chi connectivity index (χ2n) is 8.00. The van der Waals surface area contributed by atoms with Crippen molar-refractivity contribution in [2.45, 2.75) is 46.0 Å². The Labute approximate surface area is 190 Å². The first-order chi connectivity index (χ1) is 15.6. The topological polar surface area (TPSA) is 89.5 Å². The molecule has 3 rings (SSSR count). The van der Waals surface area contributed by atoms with Gasteiger partial charge in [0.2, 0.25) is 5.88 Å². The van der Waals surface area contributed by atoms with Crippen molar-refractivity contribution in [2.24, 2.45) is 0 Å². The standard InChI is InChI=1S/C26H35N3O3/c1-3-5-14-28-15-7-17-31-21-11-8-19(9-12-21)25(30)24-22-18-20(27)10-13-23(22)32-26(24)29-16-6-4-2/h8-13,18,28-29H,3-7,14-17,27H2,1-2H3. The second kappa shape index (κ2) is 12.2. The molecule has 0 spiro atoms. The summed E-state index contributed by atoms with van der Waals surface area (Å²) in [4.78, 5) is 13.4. The molecule has 0 radical (unpaired) electrons. The minimum Gasteiger partial charge on any atom is -0.494 e. The Kier molecular flexibility index (Phi) is 8.99. The zero-order valence-electron chi connectivity index (χ0n) is 19.2. The SMILES string of the molecule is CCCCNCCCOc1ccc(C(=O)c2c(NCCCC)oc3ccc(N)cc23)cc1. The van der Waals surface area contributed by atoms with Crippen LogP contribution in [0.3, 0.4) is 0 Å². The van der Waals surface area contributed by atoms with Crippen molar-refractivity contribution in [3.05, 3.63) is 53.6 Å². The number of carbonyl (C=O) groups excluding carboxylic acids is 1. The number of benzene rings is 2. The molecule has 0 saturated carbocycles. The molecule has 6 heteroatoms. The van der Waals surface area contributed by atoms with Crippen molar-refractivity contribution in [3.8, 4) is 5.75 Å². The Bertz CT molecular complexity index is 995. The molecule has 1 aromatic heterocycles. The van der Waals surface area contributed by atoms with Gasteiger partial charge in [0.05, 0.1) is 12.2 Å². The van der Waals surface area contributed by atoms with Crippen LogP contribution in [0.15, 0.2) is 46.9 Å². The van der Waals surface area contributed by atoms with Gasteiger partial charge in [-0.05, 0) is 74.8 Å². The zero-order valence-corrected chi connectivity index (χ0v) is 19.2. The molecule has 0 aliphatic carbocycles. The van der Waals surface area contributed by atoms with Crippen LogP contribution in [0.5, 0.6) is 5.75 Å². The highest BCUT2D eigenvalue weighted by Crippen LogP contribution is 2.33. The predicted molar refractivity (Wildman–Crippen MR) is 132 cm³/mol. The van der Waals surface area contributed by atoms with E-state index in [0.29, 0.717) is 34.9 Å². The van der Waals surface area contributed by atoms with Gasteiger partial charge >= 0.3 is 0 Å². The van der Waals surface area contributed by atoms with Crippen molar-refractivity contribution in [1.29, 1.82) is 0 Å². The summed E-state index contributed by atoms with van der Waals surface area (Å²) in [7, 11) is 0. The number of ether oxygens (including phenoxy) is 1. The lowest BCUT2D eigenvalue weighted by Gasteiger charge is -2.09. The molecule has 0 saturated heterocycles. The van der Waals surface area contributed by atoms with E-state index in [1.54, 1.807) is 30.3 Å². The van der Waals surface area contributed by atoms with E-state index < -0.39 is 0 Å². The molecule has 3 aromatic rings. The quantitative estimate of drug-likeness (QED) is 0.172. The van der Waals surface area contributed by atoms with Crippen LogP contribution >= 0.6 is 0 Å². The zero-order chi connectivity index (χ0) is 22.8. The van der Waals surface area contributed by atoms with Crippen LogP contribution in [0.25, 0.3) is 11.0 Å². The van der Waals surface area contributed by atoms with Crippen LogP contribution in [0, 0.1) is 0 Å². The van der Waals surface area contributed by atoms with Crippen LogP contribution < -0.4 is 21.1 Å². The molecule has 172 valence electrons. The van der Waals surface area contributed by atoms with Gasteiger partial charge in [-0.25, -0.2) is 0 Å². The number of hydrogen-bond donors (Lipinski definition) is 3. The minimum atomic E-state index is -0.0972. The Balaban J connectivity index is 1.68. The van der Waals surface area contributed by atoms with Gasteiger partial charge in [-0.2, -0.15) is 0 Å². The maximum absolute atomic E-state index is 13.4. The first-order valence-electron chi connectivity index (χ1n) is 11.7. The molecule has 0 bridgehead atoms. The van der Waals surface area contributed by atoms with Gasteiger partial charge in [0.1, 0.15) is 11.3 Å². The van der Waals surface area contributed by atoms with Gasteiger partial charge in [-0.15, -0.1) is 0 Å². The van der Waals surface area contributed by atoms with Crippen LogP contribution in [-0.2, 0) is 0 Å². The summed E-state index contributed by atoms with van der Waals surface area (Å²) in [6, 6.07) is 12.7. The van der Waals surface area contributed by atoms with Gasteiger partial charge in [0, 0.05) is 23.2 Å². The normalized spacial score (nSPS) is 11.1. The maximum atomic E-state index is 13.4. The molecular formula is C26H35N3O3. The fourth-order valence-electron chi connectivity index (χ4n) is 3.50. The number of carbonyl (C=O) groups is 1. The number of ketones is 1. The third-order valence-electron chi connectivity index (χ3n) is 5.35. The van der Waals surface area contributed by atoms with E-state index in [4.69, 9.17) is 14.9 Å². The van der Waals surface area contributed by atoms with Gasteiger partial charge in [-0.3, -0.25) is 4.79 Å². The monoisotopic (exact) mass is 437 g/mol. The van der Waals surface area contributed by atoms with E-state index in [2.05, 4.69) is 24.5 Å². The largest absolute Gasteiger partial charge is 0.494 e. The van der Waals surface area contributed by atoms with E-state index >= 15 is 0 Å². The number of nitrogens with one attached hydrogen (secondary N) is 2. The first-order valence-corrected chi connectivity index (χ1v) is 11.7. The molecule has 32 heavy (non-hydrogen) atoms. The number of rotatable bonds is 14. The highest BCUT2D eigenvalue weighted by Gasteiger charge is 2.22. The molecular weight excluding hydrogens is 402 g/mol. The number of hydrogen-bond acceptors (Lipinski definition) is 6. The molecule has 0 aliphatic rings. The number of nitrogen functional groups attached to an aromatic ring is 1. The number of fused-ring (bicyclic) bond motifs is 1. The van der Waals surface area contributed by atoms with Gasteiger partial charge in [-0.1, -0.05) is 26.7 Å². The number of unbranched alkanes of at least 4 members (excludes halogenated alkanes) is 2. The molecule has 0 atom stereocenters. The summed E-state index contributed by atoms with van der Waals surface area (Å²) in [6.45, 7) is 7.70. The van der Waals surface area contributed by atoms with Crippen molar-refractivity contribution in [3.63, 3.8) is 0 Å². The first kappa shape index (κ1) is 23.7. The summed E-state index contributed by atoms with van der Waals surface area (Å²) in [5, 5.41) is 7.41. The summed E-state index contributed by atoms with van der Waals surface area (Å²) < 4.78 is 11.8. The van der Waals surface area contributed by atoms with Crippen molar-refractivity contribution < 1.29 is 13.9 Å². The van der Waals surface area contributed by atoms with Crippen LogP contribution in [0.2, 0.25) is 0 Å². The van der Waals surface area contributed by atoms with Crippen LogP contribution in [0.4, 0.5) is 11.6 Å². The smallest absolute Gasteiger partial charge is 0.205 e. The second-order valence-corrected chi connectivity index (χ2v) is 8.00. The Morgan fingerprint density at radius 1 is 0.969 bits per heavy atom. The Morgan fingerprint density at radius 2 is 1.69 bits per heavy atom. The fourth-order valence-corrected chi connectivity index (χ4v) is 3.50. The lowest BCUT2D eigenvalue weighted by molar-refractivity contribution is 0.104. The predicted octanol–water partition coefficient (Wildman–Crippen LogP) is 5.62. The third-order valence-corrected chi connectivity index (χ3v) is 5.35. The van der Waals surface area contributed by atoms with E-state index in [1.807, 2.05) is 12.1 Å². The summed E-state index contributed by atoms with van der Waals surface area (Å²) >= 11 is 0. The molecule has 0 amide bonds. The summed E-state index contributed by atoms with van der Waals surface area (Å²) in [5.41, 5.74) is 8.33. The lowest BCUT2D eigenvalue weighted by Crippen LogP contribution is -2.18. The van der Waals surface area contributed by atoms with Crippen LogP contribution in [-0.4, -0.2) is 32.0 Å². The van der Waals surface area contributed by atoms with E-state index in [-0.39, 0.29) is 5.78 Å². The number of furan rings is 1. The van der Waals surface area contributed by atoms with Crippen LogP contribution in [0.1, 0.15) is 61.9 Å². The summed E-state index contributed by atoms with van der Waals surface area (Å²) in [6.07, 6.45) is 5.39. The molecule has 2 aromatic carbocycles. The third kappa shape index (κ3) is 6.26. The average molecular weight is 438 g/mol. The number of nitrogens with two attached hydrogens (primary N) is 1. The maximum Gasteiger partial charge on any atom is 0.205 e. The van der Waals surface area contributed by atoms with E-state index in [9.17, 15) is 4.79 Å². The Hall–Kier alpha value is -2.99. The average Bonchev–Trinajstić information content (AvgIpc) is 3.16. The van der Waals surface area contributed by atoms with Crippen molar-refractivity contribution in [1.82, 2.24) is 5.32 Å². The van der Waals surface area contributed by atoms with Gasteiger partial charge in [0.25, 0.3) is 0 Å². The Morgan fingerprint density at radius 3 is 2.44 bits per heavy atom. The molecule has 0 fully saturated rings. The molecule has 1 heterocycles. The number of anilines is 2. The van der Waals surface area contributed by atoms with Gasteiger partial charge in [0.15, 0.2) is 5.78 Å². The summed E-state index contributed by atoms with van der Waals surface area (Å²) in [5.74, 6) is 1.16. The van der Waals surface area contributed by atoms with Gasteiger partial charge < -0.3 is 25.5 Å². The molecule has 6 nitrogen and oxygen atoms in total. The molecule has 0 aliphatic heterocycles. The lowest BCUT2D eigenvalue weighted by atomic mass is 10.0. The highest BCUT2D eigenvalue weighted by atomic mass is 16.5. The van der Waals surface area contributed by atoms with E-state index in [1.165, 1.54) is 12.8 Å². The molecule has 4 N–H and O–H groups in total. The minimum absolute atomic E-state index is 0.0972. The fraction of sp³-hybridized carbons (Fsp3) is 0.423. The highest BCUT2D eigenvalue weighted by molar-refractivity contribution is 6.19.